The summed E-state index contributed by atoms with van der Waals surface area (Å²) in [6, 6.07) is 0. The van der Waals surface area contributed by atoms with E-state index in [1.54, 1.807) is 6.92 Å². The third kappa shape index (κ3) is 3.67. The molecule has 0 bridgehead atoms. The van der Waals surface area contributed by atoms with Crippen molar-refractivity contribution in [3.05, 3.63) is 24.0 Å². The van der Waals surface area contributed by atoms with Gasteiger partial charge in [0.25, 0.3) is 0 Å². The van der Waals surface area contributed by atoms with Crippen LogP contribution in [0.3, 0.4) is 0 Å². The first-order chi connectivity index (χ1) is 8.93. The Morgan fingerprint density at radius 3 is 2.68 bits per heavy atom. The second kappa shape index (κ2) is 6.17. The zero-order chi connectivity index (χ0) is 14.5. The Bertz CT molecular complexity index is 448. The van der Waals surface area contributed by atoms with Crippen LogP contribution in [0.5, 0.6) is 0 Å². The second-order valence-corrected chi connectivity index (χ2v) is 3.89. The molecule has 6 heteroatoms. The summed E-state index contributed by atoms with van der Waals surface area (Å²) in [5, 5.41) is 0. The van der Waals surface area contributed by atoms with E-state index in [4.69, 9.17) is 14.2 Å². The van der Waals surface area contributed by atoms with Crippen LogP contribution in [-0.4, -0.2) is 30.6 Å². The van der Waals surface area contributed by atoms with Gasteiger partial charge in [-0.25, -0.2) is 4.79 Å². The molecule has 0 aromatic rings. The smallest absolute Gasteiger partial charge is 0.338 e. The lowest BCUT2D eigenvalue weighted by atomic mass is 10.1. The molecule has 0 spiro atoms. The van der Waals surface area contributed by atoms with Crippen molar-refractivity contribution < 1.29 is 28.6 Å². The van der Waals surface area contributed by atoms with E-state index < -0.39 is 17.7 Å². The third-order valence-corrected chi connectivity index (χ3v) is 2.44. The molecule has 0 radical (unpaired) electrons. The molecule has 1 heterocycles. The van der Waals surface area contributed by atoms with Gasteiger partial charge in [-0.15, -0.1) is 0 Å². The van der Waals surface area contributed by atoms with Crippen LogP contribution in [0.4, 0.5) is 0 Å². The first kappa shape index (κ1) is 14.9. The van der Waals surface area contributed by atoms with Crippen LogP contribution in [0.15, 0.2) is 24.0 Å². The summed E-state index contributed by atoms with van der Waals surface area (Å²) in [6.45, 7) is 2.93. The normalized spacial score (nSPS) is 22.1. The number of carbonyl (C=O) groups excluding carboxylic acids is 3. The molecule has 6 nitrogen and oxygen atoms in total. The number of ether oxygens (including phenoxy) is 3. The highest BCUT2D eigenvalue weighted by atomic mass is 16.8. The van der Waals surface area contributed by atoms with Crippen LogP contribution in [-0.2, 0) is 28.6 Å². The van der Waals surface area contributed by atoms with Crippen molar-refractivity contribution in [2.75, 3.05) is 7.11 Å². The molecule has 1 atom stereocenters. The highest BCUT2D eigenvalue weighted by Crippen LogP contribution is 2.32. The predicted octanol–water partition coefficient (Wildman–Crippen LogP) is 1.26. The lowest BCUT2D eigenvalue weighted by Gasteiger charge is -2.25. The van der Waals surface area contributed by atoms with Gasteiger partial charge in [-0.05, 0) is 0 Å². The Morgan fingerprint density at radius 2 is 2.16 bits per heavy atom. The predicted molar refractivity (Wildman–Crippen MR) is 64.7 cm³/mol. The summed E-state index contributed by atoms with van der Waals surface area (Å²) in [4.78, 5) is 33.6. The summed E-state index contributed by atoms with van der Waals surface area (Å²) in [5.41, 5.74) is 0. The number of allylic oxidation sites excluding steroid dienone is 1. The fourth-order valence-electron chi connectivity index (χ4n) is 1.56. The summed E-state index contributed by atoms with van der Waals surface area (Å²) < 4.78 is 15.0. The van der Waals surface area contributed by atoms with Crippen molar-refractivity contribution in [3.8, 4) is 0 Å². The van der Waals surface area contributed by atoms with E-state index in [0.717, 1.165) is 6.08 Å². The summed E-state index contributed by atoms with van der Waals surface area (Å²) in [7, 11) is 1.33. The van der Waals surface area contributed by atoms with Gasteiger partial charge in [-0.1, -0.05) is 13.0 Å². The molecular formula is C13H16O6. The largest absolute Gasteiger partial charge is 0.493 e. The van der Waals surface area contributed by atoms with E-state index in [2.05, 4.69) is 0 Å². The molecule has 0 fully saturated rings. The highest BCUT2D eigenvalue weighted by Gasteiger charge is 2.46. The maximum atomic E-state index is 11.3. The molecule has 1 rings (SSSR count). The Balaban J connectivity index is 2.95. The molecule has 1 unspecified atom stereocenters. The first-order valence-electron chi connectivity index (χ1n) is 5.81. The minimum absolute atomic E-state index is 0.0153. The number of hydrogen-bond donors (Lipinski definition) is 0. The Labute approximate surface area is 111 Å². The van der Waals surface area contributed by atoms with Crippen molar-refractivity contribution in [1.82, 2.24) is 0 Å². The van der Waals surface area contributed by atoms with Gasteiger partial charge in [-0.3, -0.25) is 9.59 Å². The van der Waals surface area contributed by atoms with Gasteiger partial charge in [0.1, 0.15) is 5.78 Å². The molecule has 0 amide bonds. The van der Waals surface area contributed by atoms with Gasteiger partial charge in [0.2, 0.25) is 0 Å². The highest BCUT2D eigenvalue weighted by molar-refractivity contribution is 5.87. The molecule has 104 valence electrons. The van der Waals surface area contributed by atoms with Crippen molar-refractivity contribution >= 4 is 17.7 Å². The van der Waals surface area contributed by atoms with E-state index in [1.807, 2.05) is 0 Å². The van der Waals surface area contributed by atoms with Gasteiger partial charge in [0.05, 0.1) is 13.2 Å². The quantitative estimate of drug-likeness (QED) is 0.533. The number of rotatable bonds is 6. The molecular weight excluding hydrogens is 252 g/mol. The number of carbonyl (C=O) groups is 3. The molecule has 0 saturated heterocycles. The van der Waals surface area contributed by atoms with Crippen molar-refractivity contribution in [2.45, 2.75) is 32.5 Å². The minimum Gasteiger partial charge on any atom is -0.493 e. The van der Waals surface area contributed by atoms with Gasteiger partial charge in [-0.2, -0.15) is 0 Å². The van der Waals surface area contributed by atoms with Crippen LogP contribution in [0, 0.1) is 0 Å². The Kier molecular flexibility index (Phi) is 4.86. The topological polar surface area (TPSA) is 78.9 Å². The number of cyclic esters (lactones) is 1. The second-order valence-electron chi connectivity index (χ2n) is 3.89. The Hall–Kier alpha value is -2.11. The maximum absolute atomic E-state index is 11.3. The maximum Gasteiger partial charge on any atom is 0.338 e. The van der Waals surface area contributed by atoms with E-state index >= 15 is 0 Å². The minimum atomic E-state index is -1.70. The van der Waals surface area contributed by atoms with Crippen molar-refractivity contribution in [1.29, 1.82) is 0 Å². The van der Waals surface area contributed by atoms with Gasteiger partial charge >= 0.3 is 17.7 Å². The molecule has 0 N–H and O–H groups in total. The first-order valence-corrected chi connectivity index (χ1v) is 5.81. The van der Waals surface area contributed by atoms with Crippen molar-refractivity contribution in [2.24, 2.45) is 0 Å². The third-order valence-electron chi connectivity index (χ3n) is 2.44. The number of Topliss-reactive ketones (excluding diaryl/α,β-unsaturated/α-hetero) is 1. The number of ketones is 1. The lowest BCUT2D eigenvalue weighted by Crippen LogP contribution is -2.36. The number of hydrogen-bond acceptors (Lipinski definition) is 6. The number of esters is 2. The summed E-state index contributed by atoms with van der Waals surface area (Å²) in [6.07, 6.45) is 4.48. The molecule has 0 aromatic carbocycles. The fraction of sp³-hybridized carbons (Fsp3) is 0.462. The average Bonchev–Trinajstić information content (AvgIpc) is 2.64. The van der Waals surface area contributed by atoms with Crippen LogP contribution in [0.25, 0.3) is 0 Å². The van der Waals surface area contributed by atoms with Crippen LogP contribution >= 0.6 is 0 Å². The molecule has 19 heavy (non-hydrogen) atoms. The zero-order valence-corrected chi connectivity index (χ0v) is 11.1. The molecule has 0 aromatic heterocycles. The molecule has 1 aliphatic rings. The Morgan fingerprint density at radius 1 is 1.47 bits per heavy atom. The van der Waals surface area contributed by atoms with Gasteiger partial charge < -0.3 is 14.2 Å². The van der Waals surface area contributed by atoms with E-state index in [0.29, 0.717) is 6.42 Å². The van der Waals surface area contributed by atoms with E-state index in [1.165, 1.54) is 26.2 Å². The van der Waals surface area contributed by atoms with E-state index in [9.17, 15) is 14.4 Å². The summed E-state index contributed by atoms with van der Waals surface area (Å²) in [5.74, 6) is -2.94. The summed E-state index contributed by atoms with van der Waals surface area (Å²) >= 11 is 0. The van der Waals surface area contributed by atoms with Crippen LogP contribution < -0.4 is 0 Å². The molecule has 1 aliphatic heterocycles. The van der Waals surface area contributed by atoms with Crippen LogP contribution in [0.2, 0.25) is 0 Å². The standard InChI is InChI=1S/C13H16O6/c1-4-10(15)6-5-7-13(18-9(2)14)11(17-3)8-12(16)19-13/h5,7-8H,4,6H2,1-3H3. The fourth-order valence-corrected chi connectivity index (χ4v) is 1.56. The monoisotopic (exact) mass is 268 g/mol. The van der Waals surface area contributed by atoms with Gasteiger partial charge in [0.15, 0.2) is 5.76 Å². The van der Waals surface area contributed by atoms with E-state index in [-0.39, 0.29) is 18.0 Å². The van der Waals surface area contributed by atoms with Gasteiger partial charge in [0, 0.05) is 25.8 Å². The SMILES string of the molecule is CCC(=O)CC=CC1(OC(C)=O)OC(=O)C=C1OC. The lowest BCUT2D eigenvalue weighted by molar-refractivity contribution is -0.197. The average molecular weight is 268 g/mol. The van der Waals surface area contributed by atoms with Crippen LogP contribution in [0.1, 0.15) is 26.7 Å². The zero-order valence-electron chi connectivity index (χ0n) is 11.1. The molecule has 0 aliphatic carbocycles. The number of methoxy groups -OCH3 is 1. The molecule has 0 saturated carbocycles. The van der Waals surface area contributed by atoms with Crippen molar-refractivity contribution in [3.63, 3.8) is 0 Å².